The van der Waals surface area contributed by atoms with Crippen LogP contribution in [-0.4, -0.2) is 22.7 Å². The van der Waals surface area contributed by atoms with Crippen molar-refractivity contribution in [3.63, 3.8) is 0 Å². The molecular weight excluding hydrogens is 418 g/mol. The average Bonchev–Trinajstić information content (AvgIpc) is 3.29. The summed E-state index contributed by atoms with van der Waals surface area (Å²) in [5, 5.41) is 0.617. The van der Waals surface area contributed by atoms with E-state index in [9.17, 15) is 14.4 Å². The van der Waals surface area contributed by atoms with Crippen LogP contribution >= 0.6 is 0 Å². The molecule has 0 unspecified atom stereocenters. The monoisotopic (exact) mass is 441 g/mol. The second-order valence-corrected chi connectivity index (χ2v) is 7.59. The largest absolute Gasteiger partial charge is 0.461 e. The van der Waals surface area contributed by atoms with Crippen molar-refractivity contribution in [1.82, 2.24) is 4.98 Å². The fourth-order valence-corrected chi connectivity index (χ4v) is 3.45. The molecule has 0 aliphatic heterocycles. The smallest absolute Gasteiger partial charge is 0.338 e. The van der Waals surface area contributed by atoms with Gasteiger partial charge < -0.3 is 14.5 Å². The zero-order chi connectivity index (χ0) is 23.0. The van der Waals surface area contributed by atoms with E-state index in [1.54, 1.807) is 24.4 Å². The van der Waals surface area contributed by atoms with E-state index >= 15 is 0 Å². The lowest BCUT2D eigenvalue weighted by molar-refractivity contribution is -0.144. The number of benzene rings is 3. The number of hydrogen-bond acceptors (Lipinski definition) is 5. The zero-order valence-corrected chi connectivity index (χ0v) is 18.0. The number of hydrogen-bond donors (Lipinski definition) is 1. The molecule has 1 N–H and O–H groups in total. The molecule has 1 heterocycles. The number of fused-ring (bicyclic) bond motifs is 1. The van der Waals surface area contributed by atoms with Gasteiger partial charge in [-0.25, -0.2) is 4.79 Å². The fourth-order valence-electron chi connectivity index (χ4n) is 3.45. The summed E-state index contributed by atoms with van der Waals surface area (Å²) in [5.74, 6) is -1.10. The van der Waals surface area contributed by atoms with Gasteiger partial charge in [-0.2, -0.15) is 0 Å². The average molecular weight is 441 g/mol. The summed E-state index contributed by atoms with van der Waals surface area (Å²) in [6.45, 7) is 0.344. The van der Waals surface area contributed by atoms with Crippen LogP contribution in [0.15, 0.2) is 85.1 Å². The quantitative estimate of drug-likeness (QED) is 0.284. The minimum absolute atomic E-state index is 0.0167. The first-order chi connectivity index (χ1) is 16.1. The van der Waals surface area contributed by atoms with Gasteiger partial charge in [0.15, 0.2) is 5.78 Å². The minimum atomic E-state index is -0.468. The molecule has 6 heteroatoms. The lowest BCUT2D eigenvalue weighted by Gasteiger charge is -2.06. The molecule has 0 aliphatic carbocycles. The number of Topliss-reactive ketones (excluding diaryl/α,β-unsaturated/α-hetero) is 1. The number of rotatable bonds is 9. The number of carbonyl (C=O) groups is 3. The van der Waals surface area contributed by atoms with E-state index < -0.39 is 11.9 Å². The third kappa shape index (κ3) is 5.74. The Morgan fingerprint density at radius 2 is 1.36 bits per heavy atom. The Morgan fingerprint density at radius 3 is 2.03 bits per heavy atom. The number of nitrogens with one attached hydrogen (secondary N) is 1. The first kappa shape index (κ1) is 22.0. The van der Waals surface area contributed by atoms with E-state index in [0.717, 1.165) is 16.6 Å². The Balaban J connectivity index is 1.36. The van der Waals surface area contributed by atoms with Crippen molar-refractivity contribution in [2.45, 2.75) is 26.1 Å². The van der Waals surface area contributed by atoms with Gasteiger partial charge in [-0.3, -0.25) is 9.59 Å². The SMILES string of the molecule is O=C(CCC(=O)c1c[nH]c2ccc(C(=O)OCc3ccccc3)cc12)OCc1ccccc1. The van der Waals surface area contributed by atoms with Crippen LogP contribution in [0.5, 0.6) is 0 Å². The van der Waals surface area contributed by atoms with Crippen molar-refractivity contribution >= 4 is 28.6 Å². The van der Waals surface area contributed by atoms with Gasteiger partial charge in [0.2, 0.25) is 0 Å². The summed E-state index contributed by atoms with van der Waals surface area (Å²) < 4.78 is 10.6. The van der Waals surface area contributed by atoms with Crippen LogP contribution in [0.3, 0.4) is 0 Å². The first-order valence-corrected chi connectivity index (χ1v) is 10.6. The summed E-state index contributed by atoms with van der Waals surface area (Å²) in [4.78, 5) is 40.3. The van der Waals surface area contributed by atoms with Crippen molar-refractivity contribution in [2.75, 3.05) is 0 Å². The van der Waals surface area contributed by atoms with Crippen LogP contribution in [0, 0.1) is 0 Å². The predicted molar refractivity (Wildman–Crippen MR) is 124 cm³/mol. The number of aromatic amines is 1. The molecule has 3 aromatic carbocycles. The van der Waals surface area contributed by atoms with Crippen LogP contribution in [0.2, 0.25) is 0 Å². The summed E-state index contributed by atoms with van der Waals surface area (Å²) in [7, 11) is 0. The van der Waals surface area contributed by atoms with Crippen LogP contribution in [0.1, 0.15) is 44.7 Å². The highest BCUT2D eigenvalue weighted by Gasteiger charge is 2.17. The third-order valence-electron chi connectivity index (χ3n) is 5.23. The number of ether oxygens (including phenoxy) is 2. The Morgan fingerprint density at radius 1 is 0.727 bits per heavy atom. The van der Waals surface area contributed by atoms with Crippen molar-refractivity contribution in [3.05, 3.63) is 107 Å². The van der Waals surface area contributed by atoms with Gasteiger partial charge in [0.05, 0.1) is 12.0 Å². The third-order valence-corrected chi connectivity index (χ3v) is 5.23. The maximum atomic E-state index is 12.7. The van der Waals surface area contributed by atoms with Crippen molar-refractivity contribution in [2.24, 2.45) is 0 Å². The van der Waals surface area contributed by atoms with E-state index in [1.165, 1.54) is 0 Å². The predicted octanol–water partition coefficient (Wildman–Crippen LogP) is 5.23. The molecule has 0 saturated carbocycles. The molecule has 0 spiro atoms. The normalized spacial score (nSPS) is 10.7. The second-order valence-electron chi connectivity index (χ2n) is 7.59. The number of carbonyl (C=O) groups excluding carboxylic acids is 3. The number of ketones is 1. The number of H-pyrrole nitrogens is 1. The zero-order valence-electron chi connectivity index (χ0n) is 18.0. The maximum Gasteiger partial charge on any atom is 0.338 e. The van der Waals surface area contributed by atoms with Gasteiger partial charge in [0, 0.05) is 29.1 Å². The lowest BCUT2D eigenvalue weighted by Crippen LogP contribution is -2.08. The second kappa shape index (κ2) is 10.4. The van der Waals surface area contributed by atoms with Gasteiger partial charge in [-0.05, 0) is 29.3 Å². The molecule has 166 valence electrons. The van der Waals surface area contributed by atoms with Crippen molar-refractivity contribution in [1.29, 1.82) is 0 Å². The van der Waals surface area contributed by atoms with E-state index in [4.69, 9.17) is 9.47 Å². The molecule has 0 saturated heterocycles. The Bertz CT molecular complexity index is 1260. The molecule has 0 radical (unpaired) electrons. The Labute approximate surface area is 191 Å². The topological polar surface area (TPSA) is 85.5 Å². The molecule has 4 rings (SSSR count). The van der Waals surface area contributed by atoms with E-state index in [1.807, 2.05) is 60.7 Å². The molecule has 0 amide bonds. The summed E-state index contributed by atoms with van der Waals surface area (Å²) in [6.07, 6.45) is 1.60. The van der Waals surface area contributed by atoms with Gasteiger partial charge in [0.25, 0.3) is 0 Å². The van der Waals surface area contributed by atoms with Crippen molar-refractivity contribution < 1.29 is 23.9 Å². The van der Waals surface area contributed by atoms with Gasteiger partial charge in [-0.1, -0.05) is 60.7 Å². The van der Waals surface area contributed by atoms with Gasteiger partial charge in [-0.15, -0.1) is 0 Å². The summed E-state index contributed by atoms with van der Waals surface area (Å²) in [5.41, 5.74) is 3.29. The molecule has 0 bridgehead atoms. The van der Waals surface area contributed by atoms with Gasteiger partial charge >= 0.3 is 11.9 Å². The van der Waals surface area contributed by atoms with Crippen LogP contribution in [-0.2, 0) is 27.5 Å². The molecule has 33 heavy (non-hydrogen) atoms. The van der Waals surface area contributed by atoms with Crippen molar-refractivity contribution in [3.8, 4) is 0 Å². The molecule has 0 atom stereocenters. The van der Waals surface area contributed by atoms with Crippen LogP contribution in [0.25, 0.3) is 10.9 Å². The summed E-state index contributed by atoms with van der Waals surface area (Å²) >= 11 is 0. The molecule has 0 fully saturated rings. The standard InChI is InChI=1S/C27H23NO5/c29-25(13-14-26(30)32-17-19-7-3-1-4-8-19)23-16-28-24-12-11-21(15-22(23)24)27(31)33-18-20-9-5-2-6-10-20/h1-12,15-16,28H,13-14,17-18H2. The highest BCUT2D eigenvalue weighted by molar-refractivity contribution is 6.09. The van der Waals surface area contributed by atoms with E-state index in [0.29, 0.717) is 16.5 Å². The number of aromatic nitrogens is 1. The number of esters is 2. The maximum absolute atomic E-state index is 12.7. The first-order valence-electron chi connectivity index (χ1n) is 10.6. The lowest BCUT2D eigenvalue weighted by atomic mass is 10.0. The van der Waals surface area contributed by atoms with Gasteiger partial charge in [0.1, 0.15) is 13.2 Å². The highest BCUT2D eigenvalue weighted by Crippen LogP contribution is 2.22. The Hall–Kier alpha value is -4.19. The van der Waals surface area contributed by atoms with Crippen LogP contribution in [0.4, 0.5) is 0 Å². The molecular formula is C27H23NO5. The van der Waals surface area contributed by atoms with E-state index in [-0.39, 0.29) is 31.8 Å². The highest BCUT2D eigenvalue weighted by atomic mass is 16.5. The fraction of sp³-hybridized carbons (Fsp3) is 0.148. The molecule has 1 aromatic heterocycles. The Kier molecular flexibility index (Phi) is 6.95. The molecule has 0 aliphatic rings. The molecule has 4 aromatic rings. The van der Waals surface area contributed by atoms with Crippen LogP contribution < -0.4 is 0 Å². The molecule has 6 nitrogen and oxygen atoms in total. The minimum Gasteiger partial charge on any atom is -0.461 e. The van der Waals surface area contributed by atoms with E-state index in [2.05, 4.69) is 4.98 Å². The summed E-state index contributed by atoms with van der Waals surface area (Å²) in [6, 6.07) is 23.8.